The van der Waals surface area contributed by atoms with Gasteiger partial charge in [-0.05, 0) is 35.9 Å². The second kappa shape index (κ2) is 7.48. The molecule has 0 saturated heterocycles. The summed E-state index contributed by atoms with van der Waals surface area (Å²) in [4.78, 5) is 36.9. The second-order valence-corrected chi connectivity index (χ2v) is 6.40. The second-order valence-electron chi connectivity index (χ2n) is 6.40. The van der Waals surface area contributed by atoms with E-state index in [1.54, 1.807) is 66.7 Å². The van der Waals surface area contributed by atoms with Crippen LogP contribution in [0.15, 0.2) is 78.9 Å². The summed E-state index contributed by atoms with van der Waals surface area (Å²) in [5.74, 6) is -1.02. The standard InChI is InChI=1S/C23H16O5/c24-21(15-6-2-1-3-7-15)16-10-12-18(13-11-16)27-23(26)20-14-17-8-4-5-9-19(17)22(25)28-20/h1-13,20H,14H2/t20-/m1/s1. The van der Waals surface area contributed by atoms with Gasteiger partial charge in [0, 0.05) is 17.5 Å². The van der Waals surface area contributed by atoms with Crippen molar-refractivity contribution in [2.45, 2.75) is 12.5 Å². The summed E-state index contributed by atoms with van der Waals surface area (Å²) >= 11 is 0. The van der Waals surface area contributed by atoms with Gasteiger partial charge in [0.2, 0.25) is 6.10 Å². The number of cyclic esters (lactones) is 1. The zero-order valence-electron chi connectivity index (χ0n) is 14.8. The number of rotatable bonds is 4. The molecule has 0 bridgehead atoms. The molecule has 5 heteroatoms. The summed E-state index contributed by atoms with van der Waals surface area (Å²) in [5, 5.41) is 0. The van der Waals surface area contributed by atoms with Crippen molar-refractivity contribution < 1.29 is 23.9 Å². The van der Waals surface area contributed by atoms with Crippen LogP contribution in [-0.4, -0.2) is 23.8 Å². The lowest BCUT2D eigenvalue weighted by atomic mass is 9.99. The Bertz CT molecular complexity index is 1040. The molecule has 0 unspecified atom stereocenters. The molecule has 1 aliphatic rings. The van der Waals surface area contributed by atoms with Crippen LogP contribution in [0.25, 0.3) is 0 Å². The maximum absolute atomic E-state index is 12.4. The Labute approximate surface area is 161 Å². The van der Waals surface area contributed by atoms with Crippen molar-refractivity contribution in [1.82, 2.24) is 0 Å². The molecular weight excluding hydrogens is 356 g/mol. The Hall–Kier alpha value is -3.73. The van der Waals surface area contributed by atoms with Gasteiger partial charge in [0.15, 0.2) is 5.78 Å². The number of ketones is 1. The van der Waals surface area contributed by atoms with E-state index < -0.39 is 18.0 Å². The summed E-state index contributed by atoms with van der Waals surface area (Å²) in [7, 11) is 0. The number of benzene rings is 3. The van der Waals surface area contributed by atoms with Gasteiger partial charge in [-0.3, -0.25) is 4.79 Å². The number of hydrogen-bond acceptors (Lipinski definition) is 5. The van der Waals surface area contributed by atoms with Gasteiger partial charge < -0.3 is 9.47 Å². The Morgan fingerprint density at radius 2 is 1.46 bits per heavy atom. The Kier molecular flexibility index (Phi) is 4.72. The van der Waals surface area contributed by atoms with Crippen LogP contribution in [0.4, 0.5) is 0 Å². The van der Waals surface area contributed by atoms with Gasteiger partial charge in [0.05, 0.1) is 5.56 Å². The minimum Gasteiger partial charge on any atom is -0.446 e. The van der Waals surface area contributed by atoms with E-state index in [9.17, 15) is 14.4 Å². The van der Waals surface area contributed by atoms with E-state index in [1.165, 1.54) is 0 Å². The average Bonchev–Trinajstić information content (AvgIpc) is 2.74. The summed E-state index contributed by atoms with van der Waals surface area (Å²) < 4.78 is 10.5. The van der Waals surface area contributed by atoms with Gasteiger partial charge in [-0.2, -0.15) is 0 Å². The van der Waals surface area contributed by atoms with E-state index in [0.29, 0.717) is 16.7 Å². The van der Waals surface area contributed by atoms with Crippen LogP contribution in [0.1, 0.15) is 31.8 Å². The average molecular weight is 372 g/mol. The molecule has 0 fully saturated rings. The van der Waals surface area contributed by atoms with Crippen molar-refractivity contribution in [2.75, 3.05) is 0 Å². The predicted molar refractivity (Wildman–Crippen MR) is 101 cm³/mol. The molecule has 0 aliphatic carbocycles. The van der Waals surface area contributed by atoms with Crippen LogP contribution in [0.5, 0.6) is 5.75 Å². The third kappa shape index (κ3) is 3.55. The lowest BCUT2D eigenvalue weighted by Gasteiger charge is -2.23. The smallest absolute Gasteiger partial charge is 0.353 e. The molecular formula is C23H16O5. The van der Waals surface area contributed by atoms with Gasteiger partial charge in [0.1, 0.15) is 5.75 Å². The van der Waals surface area contributed by atoms with E-state index in [-0.39, 0.29) is 18.0 Å². The number of ether oxygens (including phenoxy) is 2. The maximum Gasteiger partial charge on any atom is 0.353 e. The SMILES string of the molecule is O=C(c1ccccc1)c1ccc(OC(=O)[C@H]2Cc3ccccc3C(=O)O2)cc1. The first-order chi connectivity index (χ1) is 13.6. The normalized spacial score (nSPS) is 15.3. The van der Waals surface area contributed by atoms with E-state index >= 15 is 0 Å². The zero-order valence-corrected chi connectivity index (χ0v) is 14.8. The highest BCUT2D eigenvalue weighted by Crippen LogP contribution is 2.22. The van der Waals surface area contributed by atoms with E-state index in [1.807, 2.05) is 12.1 Å². The van der Waals surface area contributed by atoms with Crippen molar-refractivity contribution in [3.05, 3.63) is 101 Å². The van der Waals surface area contributed by atoms with Crippen LogP contribution in [0, 0.1) is 0 Å². The Morgan fingerprint density at radius 1 is 0.821 bits per heavy atom. The number of carbonyl (C=O) groups excluding carboxylic acids is 3. The fourth-order valence-electron chi connectivity index (χ4n) is 3.08. The molecule has 4 rings (SSSR count). The zero-order chi connectivity index (χ0) is 19.5. The summed E-state index contributed by atoms with van der Waals surface area (Å²) in [6, 6.07) is 22.2. The number of fused-ring (bicyclic) bond motifs is 1. The molecule has 0 spiro atoms. The summed E-state index contributed by atoms with van der Waals surface area (Å²) in [6.45, 7) is 0. The fourth-order valence-corrected chi connectivity index (χ4v) is 3.08. The van der Waals surface area contributed by atoms with Gasteiger partial charge >= 0.3 is 11.9 Å². The quantitative estimate of drug-likeness (QED) is 0.398. The Balaban J connectivity index is 1.44. The van der Waals surface area contributed by atoms with E-state index in [0.717, 1.165) is 5.56 Å². The van der Waals surface area contributed by atoms with Crippen LogP contribution < -0.4 is 4.74 Å². The minimum absolute atomic E-state index is 0.115. The van der Waals surface area contributed by atoms with Crippen molar-refractivity contribution in [1.29, 1.82) is 0 Å². The molecule has 0 saturated carbocycles. The van der Waals surface area contributed by atoms with Crippen molar-refractivity contribution in [3.63, 3.8) is 0 Å². The lowest BCUT2D eigenvalue weighted by molar-refractivity contribution is -0.144. The first-order valence-corrected chi connectivity index (χ1v) is 8.82. The molecule has 0 N–H and O–H groups in total. The molecule has 138 valence electrons. The third-order valence-electron chi connectivity index (χ3n) is 4.53. The lowest BCUT2D eigenvalue weighted by Crippen LogP contribution is -2.36. The monoisotopic (exact) mass is 372 g/mol. The van der Waals surface area contributed by atoms with Gasteiger partial charge in [0.25, 0.3) is 0 Å². The largest absolute Gasteiger partial charge is 0.446 e. The van der Waals surface area contributed by atoms with Crippen LogP contribution in [0.2, 0.25) is 0 Å². The van der Waals surface area contributed by atoms with Gasteiger partial charge in [-0.15, -0.1) is 0 Å². The molecule has 1 heterocycles. The van der Waals surface area contributed by atoms with Crippen LogP contribution in [0.3, 0.4) is 0 Å². The summed E-state index contributed by atoms with van der Waals surface area (Å²) in [6.07, 6.45) is -0.723. The van der Waals surface area contributed by atoms with E-state index in [2.05, 4.69) is 0 Å². The molecule has 3 aromatic rings. The van der Waals surface area contributed by atoms with Gasteiger partial charge in [-0.25, -0.2) is 9.59 Å². The number of carbonyl (C=O) groups is 3. The van der Waals surface area contributed by atoms with Crippen molar-refractivity contribution in [2.24, 2.45) is 0 Å². The molecule has 5 nitrogen and oxygen atoms in total. The molecule has 28 heavy (non-hydrogen) atoms. The Morgan fingerprint density at radius 3 is 2.21 bits per heavy atom. The highest BCUT2D eigenvalue weighted by molar-refractivity contribution is 6.09. The number of esters is 2. The highest BCUT2D eigenvalue weighted by atomic mass is 16.6. The van der Waals surface area contributed by atoms with Gasteiger partial charge in [-0.1, -0.05) is 48.5 Å². The van der Waals surface area contributed by atoms with Crippen molar-refractivity contribution in [3.8, 4) is 5.75 Å². The number of hydrogen-bond donors (Lipinski definition) is 0. The molecule has 1 atom stereocenters. The highest BCUT2D eigenvalue weighted by Gasteiger charge is 2.32. The van der Waals surface area contributed by atoms with E-state index in [4.69, 9.17) is 9.47 Å². The fraction of sp³-hybridized carbons (Fsp3) is 0.0870. The minimum atomic E-state index is -0.993. The van der Waals surface area contributed by atoms with Crippen LogP contribution in [-0.2, 0) is 16.0 Å². The molecule has 0 aromatic heterocycles. The third-order valence-corrected chi connectivity index (χ3v) is 4.53. The maximum atomic E-state index is 12.4. The van der Waals surface area contributed by atoms with Crippen molar-refractivity contribution >= 4 is 17.7 Å². The topological polar surface area (TPSA) is 69.7 Å². The molecule has 0 amide bonds. The first kappa shape index (κ1) is 17.7. The first-order valence-electron chi connectivity index (χ1n) is 8.82. The molecule has 1 aliphatic heterocycles. The molecule has 0 radical (unpaired) electrons. The summed E-state index contributed by atoms with van der Waals surface area (Å²) in [5.41, 5.74) is 2.30. The molecule has 3 aromatic carbocycles. The van der Waals surface area contributed by atoms with Crippen LogP contribution >= 0.6 is 0 Å². The predicted octanol–water partition coefficient (Wildman–Crippen LogP) is 3.60.